The predicted molar refractivity (Wildman–Crippen MR) is 97.4 cm³/mol. The highest BCUT2D eigenvalue weighted by molar-refractivity contribution is 6.10. The molecule has 0 saturated carbocycles. The maximum absolute atomic E-state index is 12.5. The van der Waals surface area contributed by atoms with E-state index in [9.17, 15) is 14.4 Å². The van der Waals surface area contributed by atoms with Gasteiger partial charge in [0, 0.05) is 11.3 Å². The predicted octanol–water partition coefficient (Wildman–Crippen LogP) is 3.49. The van der Waals surface area contributed by atoms with Gasteiger partial charge in [-0.3, -0.25) is 4.79 Å². The van der Waals surface area contributed by atoms with Crippen LogP contribution in [-0.2, 0) is 9.47 Å². The van der Waals surface area contributed by atoms with Gasteiger partial charge in [0.2, 0.25) is 0 Å². The fraction of sp³-hybridized carbons (Fsp3) is 0.250. The number of aryl methyl sites for hydroxylation is 1. The van der Waals surface area contributed by atoms with E-state index in [1.54, 1.807) is 51.1 Å². The molecule has 1 aromatic heterocycles. The highest BCUT2D eigenvalue weighted by Gasteiger charge is 2.21. The van der Waals surface area contributed by atoms with E-state index in [0.717, 1.165) is 5.56 Å². The molecule has 1 N–H and O–H groups in total. The Hall–Kier alpha value is -3.15. The van der Waals surface area contributed by atoms with Crippen LogP contribution in [0.15, 0.2) is 30.3 Å². The van der Waals surface area contributed by atoms with Gasteiger partial charge in [-0.15, -0.1) is 0 Å². The molecular formula is C20H21NO5. The van der Waals surface area contributed by atoms with Crippen LogP contribution in [0.2, 0.25) is 0 Å². The quantitative estimate of drug-likeness (QED) is 0.487. The summed E-state index contributed by atoms with van der Waals surface area (Å²) in [5.41, 5.74) is 3.13. The minimum absolute atomic E-state index is 0.219. The Labute approximate surface area is 151 Å². The van der Waals surface area contributed by atoms with Crippen LogP contribution in [0.3, 0.4) is 0 Å². The molecule has 0 atom stereocenters. The first-order chi connectivity index (χ1) is 12.4. The molecule has 0 unspecified atom stereocenters. The minimum atomic E-state index is -0.477. The van der Waals surface area contributed by atoms with Gasteiger partial charge in [-0.2, -0.15) is 0 Å². The number of allylic oxidation sites excluding steroid dienone is 1. The fourth-order valence-corrected chi connectivity index (χ4v) is 2.63. The number of methoxy groups -OCH3 is 1. The lowest BCUT2D eigenvalue weighted by atomic mass is 10.0. The molecule has 1 aromatic carbocycles. The van der Waals surface area contributed by atoms with Gasteiger partial charge >= 0.3 is 11.9 Å². The Morgan fingerprint density at radius 3 is 2.31 bits per heavy atom. The van der Waals surface area contributed by atoms with Crippen molar-refractivity contribution in [3.05, 3.63) is 64.0 Å². The van der Waals surface area contributed by atoms with Crippen molar-refractivity contribution in [1.82, 2.24) is 4.98 Å². The standard InChI is InChI=1S/C20H21NO5/c1-5-26-20(24)18-12(2)17(13(3)21-18)16(22)11-8-14-6-9-15(10-7-14)19(23)25-4/h6-11,21H,5H2,1-4H3/b11-8+. The summed E-state index contributed by atoms with van der Waals surface area (Å²) in [5.74, 6) is -1.11. The number of hydrogen-bond donors (Lipinski definition) is 1. The molecule has 2 aromatic rings. The summed E-state index contributed by atoms with van der Waals surface area (Å²) in [4.78, 5) is 38.8. The third kappa shape index (κ3) is 4.08. The third-order valence-electron chi connectivity index (χ3n) is 3.92. The fourth-order valence-electron chi connectivity index (χ4n) is 2.63. The zero-order valence-corrected chi connectivity index (χ0v) is 15.2. The lowest BCUT2D eigenvalue weighted by molar-refractivity contribution is 0.0518. The molecule has 2 rings (SSSR count). The van der Waals surface area contributed by atoms with Crippen LogP contribution in [0.5, 0.6) is 0 Å². The molecule has 0 aliphatic rings. The lowest BCUT2D eigenvalue weighted by Gasteiger charge is -2.01. The normalized spacial score (nSPS) is 10.8. The number of ether oxygens (including phenoxy) is 2. The third-order valence-corrected chi connectivity index (χ3v) is 3.92. The summed E-state index contributed by atoms with van der Waals surface area (Å²) in [7, 11) is 1.32. The SMILES string of the molecule is CCOC(=O)c1[nH]c(C)c(C(=O)/C=C/c2ccc(C(=O)OC)cc2)c1C. The Bertz CT molecular complexity index is 859. The van der Waals surface area contributed by atoms with Crippen LogP contribution in [0.1, 0.15) is 54.9 Å². The zero-order valence-electron chi connectivity index (χ0n) is 15.2. The van der Waals surface area contributed by atoms with Gasteiger partial charge in [0.25, 0.3) is 0 Å². The van der Waals surface area contributed by atoms with E-state index in [4.69, 9.17) is 4.74 Å². The van der Waals surface area contributed by atoms with E-state index in [0.29, 0.717) is 28.1 Å². The number of aromatic amines is 1. The minimum Gasteiger partial charge on any atom is -0.465 e. The molecule has 0 bridgehead atoms. The van der Waals surface area contributed by atoms with Crippen molar-refractivity contribution in [2.24, 2.45) is 0 Å². The molecule has 1 heterocycles. The highest BCUT2D eigenvalue weighted by Crippen LogP contribution is 2.20. The number of ketones is 1. The van der Waals surface area contributed by atoms with Crippen molar-refractivity contribution < 1.29 is 23.9 Å². The zero-order chi connectivity index (χ0) is 19.3. The number of esters is 2. The Morgan fingerprint density at radius 2 is 1.73 bits per heavy atom. The largest absolute Gasteiger partial charge is 0.465 e. The van der Waals surface area contributed by atoms with Gasteiger partial charge in [0.05, 0.1) is 19.3 Å². The smallest absolute Gasteiger partial charge is 0.355 e. The highest BCUT2D eigenvalue weighted by atomic mass is 16.5. The molecule has 26 heavy (non-hydrogen) atoms. The first-order valence-electron chi connectivity index (χ1n) is 8.16. The first kappa shape index (κ1) is 19.2. The summed E-state index contributed by atoms with van der Waals surface area (Å²) < 4.78 is 9.63. The van der Waals surface area contributed by atoms with Gasteiger partial charge in [0.1, 0.15) is 5.69 Å². The summed E-state index contributed by atoms with van der Waals surface area (Å²) in [5, 5.41) is 0. The number of aromatic nitrogens is 1. The van der Waals surface area contributed by atoms with Crippen molar-refractivity contribution in [1.29, 1.82) is 0 Å². The second-order valence-corrected chi connectivity index (χ2v) is 5.66. The maximum atomic E-state index is 12.5. The number of rotatable bonds is 6. The first-order valence-corrected chi connectivity index (χ1v) is 8.16. The van der Waals surface area contributed by atoms with Gasteiger partial charge in [-0.05, 0) is 50.1 Å². The van der Waals surface area contributed by atoms with Crippen molar-refractivity contribution >= 4 is 23.8 Å². The Morgan fingerprint density at radius 1 is 1.08 bits per heavy atom. The summed E-state index contributed by atoms with van der Waals surface area (Å²) in [6.45, 7) is 5.44. The summed E-state index contributed by atoms with van der Waals surface area (Å²) >= 11 is 0. The van der Waals surface area contributed by atoms with Crippen LogP contribution in [0, 0.1) is 13.8 Å². The molecule has 0 saturated heterocycles. The van der Waals surface area contributed by atoms with Crippen LogP contribution in [0.25, 0.3) is 6.08 Å². The Kier molecular flexibility index (Phi) is 6.11. The summed E-state index contributed by atoms with van der Waals surface area (Å²) in [6, 6.07) is 6.69. The second-order valence-electron chi connectivity index (χ2n) is 5.66. The number of carbonyl (C=O) groups is 3. The van der Waals surface area contributed by atoms with E-state index in [-0.39, 0.29) is 12.4 Å². The average Bonchev–Trinajstić information content (AvgIpc) is 2.94. The average molecular weight is 355 g/mol. The number of carbonyl (C=O) groups excluding carboxylic acids is 3. The van der Waals surface area contributed by atoms with Gasteiger partial charge in [0.15, 0.2) is 5.78 Å². The lowest BCUT2D eigenvalue weighted by Crippen LogP contribution is -2.07. The van der Waals surface area contributed by atoms with Crippen LogP contribution < -0.4 is 0 Å². The van der Waals surface area contributed by atoms with Crippen molar-refractivity contribution in [3.8, 4) is 0 Å². The second kappa shape index (κ2) is 8.29. The topological polar surface area (TPSA) is 85.5 Å². The number of nitrogens with one attached hydrogen (secondary N) is 1. The van der Waals surface area contributed by atoms with E-state index >= 15 is 0 Å². The van der Waals surface area contributed by atoms with Gasteiger partial charge in [-0.1, -0.05) is 18.2 Å². The van der Waals surface area contributed by atoms with E-state index in [1.165, 1.54) is 13.2 Å². The van der Waals surface area contributed by atoms with E-state index in [2.05, 4.69) is 9.72 Å². The molecule has 6 nitrogen and oxygen atoms in total. The number of hydrogen-bond acceptors (Lipinski definition) is 5. The molecule has 136 valence electrons. The molecule has 0 fully saturated rings. The van der Waals surface area contributed by atoms with Crippen molar-refractivity contribution in [3.63, 3.8) is 0 Å². The number of H-pyrrole nitrogens is 1. The molecule has 0 radical (unpaired) electrons. The molecule has 6 heteroatoms. The molecular weight excluding hydrogens is 334 g/mol. The van der Waals surface area contributed by atoms with Gasteiger partial charge < -0.3 is 14.5 Å². The molecule has 0 spiro atoms. The summed E-state index contributed by atoms with van der Waals surface area (Å²) in [6.07, 6.45) is 3.09. The van der Waals surface area contributed by atoms with Crippen LogP contribution in [-0.4, -0.2) is 36.4 Å². The van der Waals surface area contributed by atoms with Crippen molar-refractivity contribution in [2.45, 2.75) is 20.8 Å². The van der Waals surface area contributed by atoms with Crippen LogP contribution in [0.4, 0.5) is 0 Å². The Balaban J connectivity index is 2.21. The molecule has 0 aliphatic carbocycles. The molecule has 0 aliphatic heterocycles. The number of benzene rings is 1. The van der Waals surface area contributed by atoms with E-state index < -0.39 is 11.9 Å². The van der Waals surface area contributed by atoms with E-state index in [1.807, 2.05) is 0 Å². The van der Waals surface area contributed by atoms with Crippen LogP contribution >= 0.6 is 0 Å². The van der Waals surface area contributed by atoms with Gasteiger partial charge in [-0.25, -0.2) is 9.59 Å². The monoisotopic (exact) mass is 355 g/mol. The van der Waals surface area contributed by atoms with Crippen molar-refractivity contribution in [2.75, 3.05) is 13.7 Å². The molecule has 0 amide bonds. The maximum Gasteiger partial charge on any atom is 0.355 e.